The Morgan fingerprint density at radius 2 is 2.38 bits per heavy atom. The van der Waals surface area contributed by atoms with Crippen LogP contribution in [0.3, 0.4) is 0 Å². The molecule has 2 unspecified atom stereocenters. The summed E-state index contributed by atoms with van der Waals surface area (Å²) in [5, 5.41) is 8.99. The molecule has 0 aliphatic carbocycles. The maximum atomic E-state index is 10.9. The first-order valence-corrected chi connectivity index (χ1v) is 5.06. The molecule has 1 N–H and O–H groups in total. The Morgan fingerprint density at radius 3 is 2.85 bits per heavy atom. The van der Waals surface area contributed by atoms with Crippen LogP contribution in [0.4, 0.5) is 0 Å². The average molecular weight is 185 g/mol. The van der Waals surface area contributed by atoms with E-state index in [2.05, 4.69) is 11.9 Å². The molecule has 3 heteroatoms. The van der Waals surface area contributed by atoms with E-state index in [0.717, 1.165) is 32.4 Å². The van der Waals surface area contributed by atoms with Gasteiger partial charge in [0.2, 0.25) is 0 Å². The van der Waals surface area contributed by atoms with Crippen molar-refractivity contribution in [2.45, 2.75) is 26.2 Å². The first kappa shape index (κ1) is 10.5. The third-order valence-electron chi connectivity index (χ3n) is 2.99. The first-order chi connectivity index (χ1) is 6.15. The molecule has 0 aromatic rings. The van der Waals surface area contributed by atoms with Crippen molar-refractivity contribution in [1.29, 1.82) is 0 Å². The largest absolute Gasteiger partial charge is 0.481 e. The smallest absolute Gasteiger partial charge is 0.306 e. The van der Waals surface area contributed by atoms with Gasteiger partial charge in [-0.2, -0.15) is 0 Å². The van der Waals surface area contributed by atoms with Crippen molar-refractivity contribution in [3.05, 3.63) is 0 Å². The number of nitrogens with zero attached hydrogens (tertiary/aromatic N) is 1. The topological polar surface area (TPSA) is 40.5 Å². The molecule has 0 amide bonds. The highest BCUT2D eigenvalue weighted by Gasteiger charge is 2.29. The van der Waals surface area contributed by atoms with Gasteiger partial charge >= 0.3 is 5.97 Å². The minimum absolute atomic E-state index is 0.136. The lowest BCUT2D eigenvalue weighted by Crippen LogP contribution is -2.38. The van der Waals surface area contributed by atoms with Crippen LogP contribution in [0.5, 0.6) is 0 Å². The molecular weight excluding hydrogens is 166 g/mol. The van der Waals surface area contributed by atoms with Gasteiger partial charge in [0.15, 0.2) is 0 Å². The zero-order valence-corrected chi connectivity index (χ0v) is 8.49. The quantitative estimate of drug-likeness (QED) is 0.723. The Balaban J connectivity index is 2.52. The zero-order chi connectivity index (χ0) is 9.84. The maximum absolute atomic E-state index is 10.9. The van der Waals surface area contributed by atoms with Crippen LogP contribution in [0.15, 0.2) is 0 Å². The molecule has 2 atom stereocenters. The van der Waals surface area contributed by atoms with Crippen LogP contribution in [-0.2, 0) is 4.79 Å². The van der Waals surface area contributed by atoms with E-state index in [1.54, 1.807) is 0 Å². The number of hydrogen-bond donors (Lipinski definition) is 1. The molecule has 1 heterocycles. The van der Waals surface area contributed by atoms with E-state index in [-0.39, 0.29) is 5.92 Å². The molecule has 0 radical (unpaired) electrons. The van der Waals surface area contributed by atoms with Crippen molar-refractivity contribution < 1.29 is 9.90 Å². The molecule has 1 fully saturated rings. The SMILES string of the molecule is CCC(C(=O)O)C1CCCN(C)C1. The normalized spacial score (nSPS) is 27.1. The van der Waals surface area contributed by atoms with E-state index in [4.69, 9.17) is 5.11 Å². The fraction of sp³-hybridized carbons (Fsp3) is 0.900. The highest BCUT2D eigenvalue weighted by Crippen LogP contribution is 2.25. The fourth-order valence-corrected chi connectivity index (χ4v) is 2.24. The van der Waals surface area contributed by atoms with Crippen molar-refractivity contribution in [3.63, 3.8) is 0 Å². The van der Waals surface area contributed by atoms with Gasteiger partial charge in [0.1, 0.15) is 0 Å². The summed E-state index contributed by atoms with van der Waals surface area (Å²) in [4.78, 5) is 13.2. The average Bonchev–Trinajstić information content (AvgIpc) is 2.04. The lowest BCUT2D eigenvalue weighted by Gasteiger charge is -2.32. The first-order valence-electron chi connectivity index (χ1n) is 5.06. The molecule has 0 aromatic carbocycles. The fourth-order valence-electron chi connectivity index (χ4n) is 2.24. The molecule has 0 bridgehead atoms. The number of piperidine rings is 1. The maximum Gasteiger partial charge on any atom is 0.306 e. The van der Waals surface area contributed by atoms with Gasteiger partial charge < -0.3 is 10.0 Å². The molecular formula is C10H19NO2. The minimum atomic E-state index is -0.622. The Hall–Kier alpha value is -0.570. The summed E-state index contributed by atoms with van der Waals surface area (Å²) < 4.78 is 0. The van der Waals surface area contributed by atoms with Gasteiger partial charge in [-0.15, -0.1) is 0 Å². The van der Waals surface area contributed by atoms with Crippen LogP contribution >= 0.6 is 0 Å². The Labute approximate surface area is 79.7 Å². The van der Waals surface area contributed by atoms with E-state index in [0.29, 0.717) is 5.92 Å². The van der Waals surface area contributed by atoms with E-state index in [9.17, 15) is 4.79 Å². The Morgan fingerprint density at radius 1 is 1.69 bits per heavy atom. The molecule has 1 aliphatic heterocycles. The Bertz CT molecular complexity index is 182. The second-order valence-corrected chi connectivity index (χ2v) is 4.02. The van der Waals surface area contributed by atoms with Gasteiger partial charge in [0, 0.05) is 6.54 Å². The van der Waals surface area contributed by atoms with E-state index < -0.39 is 5.97 Å². The predicted molar refractivity (Wildman–Crippen MR) is 51.6 cm³/mol. The van der Waals surface area contributed by atoms with Crippen molar-refractivity contribution >= 4 is 5.97 Å². The number of rotatable bonds is 3. The second kappa shape index (κ2) is 4.61. The van der Waals surface area contributed by atoms with Crippen molar-refractivity contribution in [2.24, 2.45) is 11.8 Å². The highest BCUT2D eigenvalue weighted by atomic mass is 16.4. The number of carboxylic acids is 1. The van der Waals surface area contributed by atoms with Crippen LogP contribution in [0, 0.1) is 11.8 Å². The zero-order valence-electron chi connectivity index (χ0n) is 8.49. The summed E-state index contributed by atoms with van der Waals surface area (Å²) in [5.74, 6) is -0.396. The van der Waals surface area contributed by atoms with Crippen LogP contribution in [0.2, 0.25) is 0 Å². The lowest BCUT2D eigenvalue weighted by atomic mass is 9.84. The highest BCUT2D eigenvalue weighted by molar-refractivity contribution is 5.70. The molecule has 0 saturated carbocycles. The van der Waals surface area contributed by atoms with E-state index in [1.807, 2.05) is 6.92 Å². The number of hydrogen-bond acceptors (Lipinski definition) is 2. The summed E-state index contributed by atoms with van der Waals surface area (Å²) in [5.41, 5.74) is 0. The number of aliphatic carboxylic acids is 1. The van der Waals surface area contributed by atoms with E-state index >= 15 is 0 Å². The molecule has 1 saturated heterocycles. The molecule has 0 aromatic heterocycles. The van der Waals surface area contributed by atoms with E-state index in [1.165, 1.54) is 0 Å². The van der Waals surface area contributed by atoms with Gasteiger partial charge in [-0.25, -0.2) is 0 Å². The third-order valence-corrected chi connectivity index (χ3v) is 2.99. The minimum Gasteiger partial charge on any atom is -0.481 e. The molecule has 3 nitrogen and oxygen atoms in total. The summed E-state index contributed by atoms with van der Waals surface area (Å²) in [6.45, 7) is 4.03. The summed E-state index contributed by atoms with van der Waals surface area (Å²) >= 11 is 0. The van der Waals surface area contributed by atoms with Gasteiger partial charge in [-0.3, -0.25) is 4.79 Å². The summed E-state index contributed by atoms with van der Waals surface area (Å²) in [7, 11) is 2.07. The second-order valence-electron chi connectivity index (χ2n) is 4.02. The molecule has 76 valence electrons. The standard InChI is InChI=1S/C10H19NO2/c1-3-9(10(12)13)8-5-4-6-11(2)7-8/h8-9H,3-7H2,1-2H3,(H,12,13). The number of likely N-dealkylation sites (tertiary alicyclic amines) is 1. The van der Waals surface area contributed by atoms with Crippen molar-refractivity contribution in [3.8, 4) is 0 Å². The summed E-state index contributed by atoms with van der Waals surface area (Å²) in [6, 6.07) is 0. The van der Waals surface area contributed by atoms with Gasteiger partial charge in [0.25, 0.3) is 0 Å². The number of carboxylic acid groups (broad SMARTS) is 1. The number of carbonyl (C=O) groups is 1. The van der Waals surface area contributed by atoms with Crippen molar-refractivity contribution in [2.75, 3.05) is 20.1 Å². The van der Waals surface area contributed by atoms with Gasteiger partial charge in [-0.05, 0) is 38.8 Å². The van der Waals surface area contributed by atoms with Crippen LogP contribution in [0.1, 0.15) is 26.2 Å². The molecule has 1 rings (SSSR count). The van der Waals surface area contributed by atoms with Gasteiger partial charge in [-0.1, -0.05) is 6.92 Å². The predicted octanol–water partition coefficient (Wildman–Crippen LogP) is 1.44. The molecule has 13 heavy (non-hydrogen) atoms. The monoisotopic (exact) mass is 185 g/mol. The van der Waals surface area contributed by atoms with Crippen LogP contribution < -0.4 is 0 Å². The van der Waals surface area contributed by atoms with Crippen LogP contribution in [-0.4, -0.2) is 36.1 Å². The summed E-state index contributed by atoms with van der Waals surface area (Å²) in [6.07, 6.45) is 2.98. The van der Waals surface area contributed by atoms with Gasteiger partial charge in [0.05, 0.1) is 5.92 Å². The van der Waals surface area contributed by atoms with Crippen molar-refractivity contribution in [1.82, 2.24) is 4.90 Å². The lowest BCUT2D eigenvalue weighted by molar-refractivity contribution is -0.144. The molecule has 1 aliphatic rings. The van der Waals surface area contributed by atoms with Crippen LogP contribution in [0.25, 0.3) is 0 Å². The molecule has 0 spiro atoms. The Kier molecular flexibility index (Phi) is 3.72. The third kappa shape index (κ3) is 2.69.